The van der Waals surface area contributed by atoms with Crippen LogP contribution in [0.4, 0.5) is 5.69 Å². The third kappa shape index (κ3) is 3.96. The Labute approximate surface area is 132 Å². The zero-order valence-electron chi connectivity index (χ0n) is 11.5. The molecule has 0 saturated heterocycles. The largest absolute Gasteiger partial charge is 0.309 e. The van der Waals surface area contributed by atoms with Crippen LogP contribution in [0.15, 0.2) is 22.7 Å². The Balaban J connectivity index is 1.98. The van der Waals surface area contributed by atoms with Gasteiger partial charge >= 0.3 is 0 Å². The fourth-order valence-corrected chi connectivity index (χ4v) is 4.12. The van der Waals surface area contributed by atoms with Crippen molar-refractivity contribution in [3.63, 3.8) is 0 Å². The highest BCUT2D eigenvalue weighted by molar-refractivity contribution is 9.10. The van der Waals surface area contributed by atoms with Gasteiger partial charge in [-0.2, -0.15) is 11.8 Å². The smallest absolute Gasteiger partial charge is 0.270 e. The molecule has 1 aromatic rings. The molecule has 1 fully saturated rings. The molecular formula is C14H19BrN2O2S. The second kappa shape index (κ2) is 7.43. The van der Waals surface area contributed by atoms with Crippen LogP contribution in [0.5, 0.6) is 0 Å². The fraction of sp³-hybridized carbons (Fsp3) is 0.571. The highest BCUT2D eigenvalue weighted by Gasteiger charge is 2.23. The summed E-state index contributed by atoms with van der Waals surface area (Å²) in [5.74, 6) is 0. The summed E-state index contributed by atoms with van der Waals surface area (Å²) < 4.78 is 0.802. The van der Waals surface area contributed by atoms with Gasteiger partial charge in [0.2, 0.25) is 0 Å². The quantitative estimate of drug-likeness (QED) is 0.635. The van der Waals surface area contributed by atoms with Crippen LogP contribution in [0, 0.1) is 10.1 Å². The van der Waals surface area contributed by atoms with Crippen LogP contribution < -0.4 is 5.32 Å². The number of rotatable bonds is 5. The van der Waals surface area contributed by atoms with E-state index in [0.29, 0.717) is 11.3 Å². The number of nitro groups is 1. The maximum Gasteiger partial charge on any atom is 0.270 e. The molecule has 0 aromatic heterocycles. The fourth-order valence-electron chi connectivity index (χ4n) is 2.65. The van der Waals surface area contributed by atoms with Crippen LogP contribution in [0.1, 0.15) is 31.2 Å². The first kappa shape index (κ1) is 15.8. The Bertz CT molecular complexity index is 484. The van der Waals surface area contributed by atoms with Crippen molar-refractivity contribution >= 4 is 33.4 Å². The number of hydrogen-bond acceptors (Lipinski definition) is 4. The molecule has 2 rings (SSSR count). The lowest BCUT2D eigenvalue weighted by atomic mass is 9.94. The van der Waals surface area contributed by atoms with Gasteiger partial charge in [-0.05, 0) is 30.7 Å². The van der Waals surface area contributed by atoms with Gasteiger partial charge in [-0.15, -0.1) is 0 Å². The molecule has 110 valence electrons. The molecule has 1 aliphatic carbocycles. The van der Waals surface area contributed by atoms with Crippen molar-refractivity contribution in [3.05, 3.63) is 38.3 Å². The van der Waals surface area contributed by atoms with Crippen LogP contribution >= 0.6 is 27.7 Å². The lowest BCUT2D eigenvalue weighted by molar-refractivity contribution is -0.384. The highest BCUT2D eigenvalue weighted by Crippen LogP contribution is 2.28. The molecule has 0 radical (unpaired) electrons. The Morgan fingerprint density at radius 1 is 1.45 bits per heavy atom. The van der Waals surface area contributed by atoms with Gasteiger partial charge < -0.3 is 5.32 Å². The number of thioether (sulfide) groups is 1. The summed E-state index contributed by atoms with van der Waals surface area (Å²) in [6, 6.07) is 5.51. The van der Waals surface area contributed by atoms with Gasteiger partial charge in [0.05, 0.1) is 4.92 Å². The zero-order valence-corrected chi connectivity index (χ0v) is 13.9. The first-order chi connectivity index (χ1) is 9.61. The first-order valence-corrected chi connectivity index (χ1v) is 8.89. The molecular weight excluding hydrogens is 340 g/mol. The summed E-state index contributed by atoms with van der Waals surface area (Å²) in [6.07, 6.45) is 7.28. The molecule has 2 unspecified atom stereocenters. The predicted octanol–water partition coefficient (Wildman–Crippen LogP) is 4.12. The van der Waals surface area contributed by atoms with Gasteiger partial charge in [0, 0.05) is 34.4 Å². The maximum absolute atomic E-state index is 10.7. The summed E-state index contributed by atoms with van der Waals surface area (Å²) in [5, 5.41) is 15.0. The van der Waals surface area contributed by atoms with Gasteiger partial charge in [-0.1, -0.05) is 28.8 Å². The molecule has 0 amide bonds. The van der Waals surface area contributed by atoms with Crippen LogP contribution in [0.25, 0.3) is 0 Å². The number of nitro benzene ring substituents is 1. The Morgan fingerprint density at radius 2 is 2.20 bits per heavy atom. The third-order valence-corrected chi connectivity index (χ3v) is 5.72. The maximum atomic E-state index is 10.7. The van der Waals surface area contributed by atoms with Crippen molar-refractivity contribution in [2.75, 3.05) is 6.26 Å². The summed E-state index contributed by atoms with van der Waals surface area (Å²) in [5.41, 5.74) is 1.20. The van der Waals surface area contributed by atoms with Crippen molar-refractivity contribution < 1.29 is 4.92 Å². The second-order valence-electron chi connectivity index (χ2n) is 5.08. The number of hydrogen-bond donors (Lipinski definition) is 1. The Morgan fingerprint density at radius 3 is 2.85 bits per heavy atom. The van der Waals surface area contributed by atoms with Crippen LogP contribution in [0.3, 0.4) is 0 Å². The number of halogens is 1. The number of nitrogens with one attached hydrogen (secondary N) is 1. The summed E-state index contributed by atoms with van der Waals surface area (Å²) in [7, 11) is 0. The van der Waals surface area contributed by atoms with Gasteiger partial charge in [0.15, 0.2) is 0 Å². The molecule has 1 N–H and O–H groups in total. The third-order valence-electron chi connectivity index (χ3n) is 3.81. The number of nitrogens with zero attached hydrogens (tertiary/aromatic N) is 1. The van der Waals surface area contributed by atoms with Crippen molar-refractivity contribution in [2.45, 2.75) is 43.5 Å². The van der Waals surface area contributed by atoms with E-state index in [0.717, 1.165) is 16.6 Å². The first-order valence-electron chi connectivity index (χ1n) is 6.81. The van der Waals surface area contributed by atoms with Crippen molar-refractivity contribution in [1.82, 2.24) is 5.32 Å². The topological polar surface area (TPSA) is 55.2 Å². The van der Waals surface area contributed by atoms with Gasteiger partial charge in [-0.25, -0.2) is 0 Å². The second-order valence-corrected chi connectivity index (χ2v) is 7.01. The van der Waals surface area contributed by atoms with Crippen molar-refractivity contribution in [2.24, 2.45) is 0 Å². The molecule has 20 heavy (non-hydrogen) atoms. The van der Waals surface area contributed by atoms with Crippen LogP contribution in [-0.2, 0) is 6.54 Å². The zero-order chi connectivity index (χ0) is 14.5. The van der Waals surface area contributed by atoms with Crippen LogP contribution in [-0.4, -0.2) is 22.5 Å². The highest BCUT2D eigenvalue weighted by atomic mass is 79.9. The minimum atomic E-state index is -0.368. The lowest BCUT2D eigenvalue weighted by Crippen LogP contribution is -2.40. The van der Waals surface area contributed by atoms with Gasteiger partial charge in [0.1, 0.15) is 0 Å². The standard InChI is InChI=1S/C14H19BrN2O2S/c1-20-14-5-3-2-4-13(14)16-9-10-6-7-11(17(18)19)8-12(10)15/h6-8,13-14,16H,2-5,9H2,1H3. The molecule has 1 saturated carbocycles. The van der Waals surface area contributed by atoms with Crippen molar-refractivity contribution in [1.29, 1.82) is 0 Å². The average Bonchev–Trinajstić information content (AvgIpc) is 2.46. The van der Waals surface area contributed by atoms with E-state index >= 15 is 0 Å². The summed E-state index contributed by atoms with van der Waals surface area (Å²) >= 11 is 5.36. The monoisotopic (exact) mass is 358 g/mol. The normalized spacial score (nSPS) is 22.7. The number of non-ortho nitro benzene ring substituents is 1. The lowest BCUT2D eigenvalue weighted by Gasteiger charge is -2.31. The summed E-state index contributed by atoms with van der Waals surface area (Å²) in [6.45, 7) is 0.750. The molecule has 0 heterocycles. The summed E-state index contributed by atoms with van der Waals surface area (Å²) in [4.78, 5) is 10.3. The SMILES string of the molecule is CSC1CCCCC1NCc1ccc([N+](=O)[O-])cc1Br. The number of benzene rings is 1. The van der Waals surface area contributed by atoms with Crippen molar-refractivity contribution in [3.8, 4) is 0 Å². The Hall–Kier alpha value is -0.590. The van der Waals surface area contributed by atoms with E-state index in [1.165, 1.54) is 25.7 Å². The molecule has 2 atom stereocenters. The average molecular weight is 359 g/mol. The molecule has 1 aromatic carbocycles. The molecule has 0 spiro atoms. The van der Waals surface area contributed by atoms with E-state index in [9.17, 15) is 10.1 Å². The van der Waals surface area contributed by atoms with E-state index in [2.05, 4.69) is 27.5 Å². The van der Waals surface area contributed by atoms with E-state index in [1.54, 1.807) is 12.1 Å². The molecule has 1 aliphatic rings. The minimum Gasteiger partial charge on any atom is -0.309 e. The molecule has 0 bridgehead atoms. The minimum absolute atomic E-state index is 0.125. The Kier molecular flexibility index (Phi) is 5.86. The van der Waals surface area contributed by atoms with E-state index in [-0.39, 0.29) is 10.6 Å². The van der Waals surface area contributed by atoms with E-state index in [4.69, 9.17) is 0 Å². The van der Waals surface area contributed by atoms with Crippen LogP contribution in [0.2, 0.25) is 0 Å². The van der Waals surface area contributed by atoms with E-state index < -0.39 is 0 Å². The van der Waals surface area contributed by atoms with E-state index in [1.807, 2.05) is 17.8 Å². The molecule has 6 heteroatoms. The molecule has 4 nitrogen and oxygen atoms in total. The predicted molar refractivity (Wildman–Crippen MR) is 87.2 cm³/mol. The molecule has 0 aliphatic heterocycles. The van der Waals surface area contributed by atoms with Gasteiger partial charge in [-0.3, -0.25) is 10.1 Å². The van der Waals surface area contributed by atoms with Gasteiger partial charge in [0.25, 0.3) is 5.69 Å².